The van der Waals surface area contributed by atoms with E-state index in [-0.39, 0.29) is 30.8 Å². The Kier molecular flexibility index (Phi) is 8.21. The van der Waals surface area contributed by atoms with Crippen LogP contribution in [-0.4, -0.2) is 55.3 Å². The van der Waals surface area contributed by atoms with Crippen LogP contribution in [0.25, 0.3) is 0 Å². The van der Waals surface area contributed by atoms with Crippen molar-refractivity contribution in [2.24, 2.45) is 0 Å². The zero-order chi connectivity index (χ0) is 18.1. The van der Waals surface area contributed by atoms with Gasteiger partial charge >= 0.3 is 0 Å². The van der Waals surface area contributed by atoms with Crippen molar-refractivity contribution in [3.63, 3.8) is 0 Å². The van der Waals surface area contributed by atoms with E-state index in [9.17, 15) is 14.4 Å². The van der Waals surface area contributed by atoms with Gasteiger partial charge in [0.25, 0.3) is 0 Å². The number of likely N-dealkylation sites (N-methyl/N-ethyl adjacent to an activating group) is 2. The van der Waals surface area contributed by atoms with Gasteiger partial charge in [-0.2, -0.15) is 0 Å². The summed E-state index contributed by atoms with van der Waals surface area (Å²) in [6.45, 7) is 3.93. The Bertz CT molecular complexity index is 594. The summed E-state index contributed by atoms with van der Waals surface area (Å²) in [5.74, 6) is -0.859. The lowest BCUT2D eigenvalue weighted by molar-refractivity contribution is -0.129. The number of carbonyl (C=O) groups excluding carboxylic acids is 3. The van der Waals surface area contributed by atoms with Crippen molar-refractivity contribution in [2.45, 2.75) is 19.9 Å². The molecular formula is C16H23ClN4O3. The molecule has 1 atom stereocenters. The fourth-order valence-electron chi connectivity index (χ4n) is 1.98. The van der Waals surface area contributed by atoms with Gasteiger partial charge in [-0.05, 0) is 33.0 Å². The molecule has 0 radical (unpaired) electrons. The Hall–Kier alpha value is -2.12. The SMILES string of the molecule is CCNC(=O)[C@H](C)NC(=O)CN(C)CC(=O)Nc1ccccc1Cl. The van der Waals surface area contributed by atoms with Crippen LogP contribution in [0, 0.1) is 0 Å². The van der Waals surface area contributed by atoms with E-state index in [0.717, 1.165) is 0 Å². The van der Waals surface area contributed by atoms with E-state index in [1.165, 1.54) is 0 Å². The average molecular weight is 355 g/mol. The highest BCUT2D eigenvalue weighted by molar-refractivity contribution is 6.33. The van der Waals surface area contributed by atoms with Gasteiger partial charge in [0.1, 0.15) is 6.04 Å². The summed E-state index contributed by atoms with van der Waals surface area (Å²) in [6.07, 6.45) is 0. The van der Waals surface area contributed by atoms with E-state index in [4.69, 9.17) is 11.6 Å². The second-order valence-electron chi connectivity index (χ2n) is 5.38. The van der Waals surface area contributed by atoms with Crippen molar-refractivity contribution in [1.82, 2.24) is 15.5 Å². The number of hydrogen-bond acceptors (Lipinski definition) is 4. The third kappa shape index (κ3) is 6.97. The Balaban J connectivity index is 2.41. The monoisotopic (exact) mass is 354 g/mol. The quantitative estimate of drug-likeness (QED) is 0.645. The van der Waals surface area contributed by atoms with Gasteiger partial charge in [0.2, 0.25) is 17.7 Å². The first kappa shape index (κ1) is 19.9. The van der Waals surface area contributed by atoms with E-state index >= 15 is 0 Å². The highest BCUT2D eigenvalue weighted by Gasteiger charge is 2.17. The lowest BCUT2D eigenvalue weighted by Crippen LogP contribution is -2.48. The third-order valence-electron chi connectivity index (χ3n) is 3.10. The number of nitrogens with one attached hydrogen (secondary N) is 3. The summed E-state index contributed by atoms with van der Waals surface area (Å²) in [7, 11) is 1.64. The van der Waals surface area contributed by atoms with Gasteiger partial charge in [-0.3, -0.25) is 19.3 Å². The highest BCUT2D eigenvalue weighted by atomic mass is 35.5. The minimum absolute atomic E-state index is 0.000311. The molecule has 132 valence electrons. The topological polar surface area (TPSA) is 90.5 Å². The predicted molar refractivity (Wildman–Crippen MR) is 93.9 cm³/mol. The van der Waals surface area contributed by atoms with Crippen LogP contribution in [0.15, 0.2) is 24.3 Å². The maximum atomic E-state index is 12.0. The number of rotatable bonds is 8. The first-order chi connectivity index (χ1) is 11.3. The second-order valence-corrected chi connectivity index (χ2v) is 5.79. The molecule has 1 aromatic rings. The summed E-state index contributed by atoms with van der Waals surface area (Å²) in [4.78, 5) is 37.0. The first-order valence-electron chi connectivity index (χ1n) is 7.63. The molecule has 0 unspecified atom stereocenters. The molecule has 0 saturated heterocycles. The number of carbonyl (C=O) groups is 3. The van der Waals surface area contributed by atoms with Gasteiger partial charge in [0.05, 0.1) is 23.8 Å². The van der Waals surface area contributed by atoms with Gasteiger partial charge < -0.3 is 16.0 Å². The highest BCUT2D eigenvalue weighted by Crippen LogP contribution is 2.20. The van der Waals surface area contributed by atoms with Crippen LogP contribution in [0.5, 0.6) is 0 Å². The molecule has 1 rings (SSSR count). The normalized spacial score (nSPS) is 11.7. The van der Waals surface area contributed by atoms with Gasteiger partial charge in [0.15, 0.2) is 0 Å². The molecule has 3 amide bonds. The molecule has 0 aromatic heterocycles. The van der Waals surface area contributed by atoms with Crippen molar-refractivity contribution >= 4 is 35.0 Å². The number of benzene rings is 1. The molecule has 0 fully saturated rings. The van der Waals surface area contributed by atoms with Crippen LogP contribution >= 0.6 is 11.6 Å². The number of para-hydroxylation sites is 1. The van der Waals surface area contributed by atoms with E-state index < -0.39 is 6.04 Å². The van der Waals surface area contributed by atoms with Gasteiger partial charge in [0, 0.05) is 6.54 Å². The predicted octanol–water partition coefficient (Wildman–Crippen LogP) is 0.851. The maximum Gasteiger partial charge on any atom is 0.242 e. The van der Waals surface area contributed by atoms with E-state index in [2.05, 4.69) is 16.0 Å². The Morgan fingerprint density at radius 3 is 2.42 bits per heavy atom. The summed E-state index contributed by atoms with van der Waals surface area (Å²) in [5, 5.41) is 8.33. The fourth-order valence-corrected chi connectivity index (χ4v) is 2.16. The summed E-state index contributed by atoms with van der Waals surface area (Å²) in [6, 6.07) is 6.28. The van der Waals surface area contributed by atoms with Crippen molar-refractivity contribution in [2.75, 3.05) is 32.0 Å². The lowest BCUT2D eigenvalue weighted by Gasteiger charge is -2.18. The van der Waals surface area contributed by atoms with Crippen LogP contribution in [0.4, 0.5) is 5.69 Å². The van der Waals surface area contributed by atoms with Crippen LogP contribution in [-0.2, 0) is 14.4 Å². The van der Waals surface area contributed by atoms with E-state index in [0.29, 0.717) is 17.3 Å². The van der Waals surface area contributed by atoms with Crippen LogP contribution in [0.1, 0.15) is 13.8 Å². The van der Waals surface area contributed by atoms with Gasteiger partial charge in [-0.25, -0.2) is 0 Å². The number of halogens is 1. The van der Waals surface area contributed by atoms with Crippen molar-refractivity contribution in [1.29, 1.82) is 0 Å². The first-order valence-corrected chi connectivity index (χ1v) is 8.01. The number of hydrogen-bond donors (Lipinski definition) is 3. The van der Waals surface area contributed by atoms with Crippen LogP contribution in [0.3, 0.4) is 0 Å². The van der Waals surface area contributed by atoms with Gasteiger partial charge in [-0.15, -0.1) is 0 Å². The molecule has 0 spiro atoms. The average Bonchev–Trinajstić information content (AvgIpc) is 2.49. The van der Waals surface area contributed by atoms with E-state index in [1.807, 2.05) is 0 Å². The largest absolute Gasteiger partial charge is 0.355 e. The molecular weight excluding hydrogens is 332 g/mol. The zero-order valence-corrected chi connectivity index (χ0v) is 14.8. The van der Waals surface area contributed by atoms with Crippen molar-refractivity contribution in [3.05, 3.63) is 29.3 Å². The molecule has 7 nitrogen and oxygen atoms in total. The zero-order valence-electron chi connectivity index (χ0n) is 14.1. The molecule has 0 aliphatic rings. The van der Waals surface area contributed by atoms with Crippen LogP contribution < -0.4 is 16.0 Å². The number of anilines is 1. The molecule has 3 N–H and O–H groups in total. The molecule has 0 saturated carbocycles. The Labute approximate surface area is 146 Å². The number of nitrogens with zero attached hydrogens (tertiary/aromatic N) is 1. The minimum atomic E-state index is -0.622. The fraction of sp³-hybridized carbons (Fsp3) is 0.438. The van der Waals surface area contributed by atoms with Gasteiger partial charge in [-0.1, -0.05) is 23.7 Å². The molecule has 0 aliphatic carbocycles. The molecule has 0 aliphatic heterocycles. The molecule has 8 heteroatoms. The summed E-state index contributed by atoms with van der Waals surface area (Å²) in [5.41, 5.74) is 0.520. The molecule has 0 bridgehead atoms. The van der Waals surface area contributed by atoms with Crippen LogP contribution in [0.2, 0.25) is 5.02 Å². The third-order valence-corrected chi connectivity index (χ3v) is 3.43. The smallest absolute Gasteiger partial charge is 0.242 e. The Morgan fingerprint density at radius 2 is 1.79 bits per heavy atom. The molecule has 1 aromatic carbocycles. The summed E-state index contributed by atoms with van der Waals surface area (Å²) >= 11 is 5.97. The molecule has 0 heterocycles. The second kappa shape index (κ2) is 9.89. The Morgan fingerprint density at radius 1 is 1.17 bits per heavy atom. The minimum Gasteiger partial charge on any atom is -0.355 e. The summed E-state index contributed by atoms with van der Waals surface area (Å²) < 4.78 is 0. The standard InChI is InChI=1S/C16H23ClN4O3/c1-4-18-16(24)11(2)19-14(22)9-21(3)10-15(23)20-13-8-6-5-7-12(13)17/h5-8,11H,4,9-10H2,1-3H3,(H,18,24)(H,19,22)(H,20,23)/t11-/m0/s1. The van der Waals surface area contributed by atoms with Crippen molar-refractivity contribution in [3.8, 4) is 0 Å². The maximum absolute atomic E-state index is 12.0. The lowest BCUT2D eigenvalue weighted by atomic mass is 10.3. The van der Waals surface area contributed by atoms with Crippen molar-refractivity contribution < 1.29 is 14.4 Å². The molecule has 24 heavy (non-hydrogen) atoms. The van der Waals surface area contributed by atoms with E-state index in [1.54, 1.807) is 50.1 Å². The number of amides is 3.